The zero-order valence-corrected chi connectivity index (χ0v) is 16.8. The van der Waals surface area contributed by atoms with Gasteiger partial charge < -0.3 is 19.5 Å². The predicted molar refractivity (Wildman–Crippen MR) is 110 cm³/mol. The number of benzene rings is 2. The fourth-order valence-electron chi connectivity index (χ4n) is 3.43. The lowest BCUT2D eigenvalue weighted by Gasteiger charge is -2.25. The molecule has 2 aromatic rings. The molecule has 1 fully saturated rings. The molecule has 1 amide bonds. The Morgan fingerprint density at radius 2 is 1.72 bits per heavy atom. The molecule has 3 rings (SSSR count). The molecule has 0 saturated carbocycles. The number of methoxy groups -OCH3 is 1. The summed E-state index contributed by atoms with van der Waals surface area (Å²) in [4.78, 5) is 27.0. The molecule has 0 bridgehead atoms. The van der Waals surface area contributed by atoms with Gasteiger partial charge in [0.2, 0.25) is 0 Å². The molecule has 6 nitrogen and oxygen atoms in total. The van der Waals surface area contributed by atoms with Crippen LogP contribution in [0.3, 0.4) is 0 Å². The van der Waals surface area contributed by atoms with Crippen molar-refractivity contribution >= 4 is 17.4 Å². The average Bonchev–Trinajstić information content (AvgIpc) is 2.98. The predicted octanol–water partition coefficient (Wildman–Crippen LogP) is 3.46. The van der Waals surface area contributed by atoms with Crippen molar-refractivity contribution in [3.05, 3.63) is 70.8 Å². The summed E-state index contributed by atoms with van der Waals surface area (Å²) in [6, 6.07) is 13.7. The van der Waals surface area contributed by atoms with E-state index in [0.29, 0.717) is 24.5 Å². The van der Waals surface area contributed by atoms with Crippen molar-refractivity contribution < 1.29 is 24.2 Å². The average molecular weight is 395 g/mol. The highest BCUT2D eigenvalue weighted by Crippen LogP contribution is 2.39. The topological polar surface area (TPSA) is 76.1 Å². The van der Waals surface area contributed by atoms with Crippen LogP contribution < -0.4 is 4.74 Å². The molecule has 1 saturated heterocycles. The summed E-state index contributed by atoms with van der Waals surface area (Å²) in [5.41, 5.74) is 2.36. The summed E-state index contributed by atoms with van der Waals surface area (Å²) in [6.45, 7) is 4.92. The minimum atomic E-state index is -0.696. The normalized spacial score (nSPS) is 18.3. The second kappa shape index (κ2) is 8.92. The van der Waals surface area contributed by atoms with Gasteiger partial charge in [0.15, 0.2) is 0 Å². The Morgan fingerprint density at radius 1 is 1.07 bits per heavy atom. The number of rotatable bonds is 7. The summed E-state index contributed by atoms with van der Waals surface area (Å²) in [6.07, 6.45) is 0. The van der Waals surface area contributed by atoms with Gasteiger partial charge in [-0.2, -0.15) is 0 Å². The molecule has 0 radical (unpaired) electrons. The lowest BCUT2D eigenvalue weighted by molar-refractivity contribution is -0.140. The number of likely N-dealkylation sites (tertiary alicyclic amines) is 1. The van der Waals surface area contributed by atoms with E-state index in [4.69, 9.17) is 9.47 Å². The van der Waals surface area contributed by atoms with Crippen LogP contribution in [-0.4, -0.2) is 48.6 Å². The van der Waals surface area contributed by atoms with E-state index < -0.39 is 17.7 Å². The molecule has 6 heteroatoms. The number of nitrogens with zero attached hydrogens (tertiary/aromatic N) is 1. The van der Waals surface area contributed by atoms with Crippen molar-refractivity contribution in [2.45, 2.75) is 19.9 Å². The van der Waals surface area contributed by atoms with Gasteiger partial charge in [0, 0.05) is 19.2 Å². The van der Waals surface area contributed by atoms with E-state index in [0.717, 1.165) is 11.1 Å². The van der Waals surface area contributed by atoms with E-state index in [1.54, 1.807) is 24.3 Å². The molecule has 1 N–H and O–H groups in total. The number of carbonyl (C=O) groups excluding carboxylic acids is 2. The van der Waals surface area contributed by atoms with Crippen LogP contribution in [0.1, 0.15) is 29.7 Å². The Hall–Kier alpha value is -3.12. The Bertz CT molecular complexity index is 915. The van der Waals surface area contributed by atoms with Crippen LogP contribution in [0.2, 0.25) is 0 Å². The van der Waals surface area contributed by atoms with E-state index >= 15 is 0 Å². The summed E-state index contributed by atoms with van der Waals surface area (Å²) in [7, 11) is 1.54. The van der Waals surface area contributed by atoms with Gasteiger partial charge in [-0.25, -0.2) is 0 Å². The van der Waals surface area contributed by atoms with Gasteiger partial charge in [0.1, 0.15) is 11.5 Å². The quantitative estimate of drug-likeness (QED) is 0.441. The molecular formula is C23H25NO5. The Balaban J connectivity index is 2.09. The molecule has 0 unspecified atom stereocenters. The SMILES string of the molecule is CCOc1ccc(C(O)=C2C(=O)C(=O)N(CCOC)[C@H]2c2ccc(C)cc2)cc1. The summed E-state index contributed by atoms with van der Waals surface area (Å²) < 4.78 is 10.5. The van der Waals surface area contributed by atoms with Crippen LogP contribution in [0.25, 0.3) is 5.76 Å². The van der Waals surface area contributed by atoms with Crippen molar-refractivity contribution in [3.8, 4) is 5.75 Å². The van der Waals surface area contributed by atoms with Crippen LogP contribution in [0.4, 0.5) is 0 Å². The maximum absolute atomic E-state index is 12.8. The Morgan fingerprint density at radius 3 is 2.31 bits per heavy atom. The van der Waals surface area contributed by atoms with E-state index in [1.807, 2.05) is 38.1 Å². The van der Waals surface area contributed by atoms with Gasteiger partial charge in [0.05, 0.1) is 24.8 Å². The van der Waals surface area contributed by atoms with Crippen molar-refractivity contribution in [2.24, 2.45) is 0 Å². The first-order chi connectivity index (χ1) is 14.0. The first kappa shape index (κ1) is 20.6. The second-order valence-corrected chi connectivity index (χ2v) is 6.85. The first-order valence-corrected chi connectivity index (χ1v) is 9.55. The van der Waals surface area contributed by atoms with Crippen molar-refractivity contribution in [3.63, 3.8) is 0 Å². The zero-order valence-electron chi connectivity index (χ0n) is 16.8. The fraction of sp³-hybridized carbons (Fsp3) is 0.304. The monoisotopic (exact) mass is 395 g/mol. The largest absolute Gasteiger partial charge is 0.507 e. The van der Waals surface area contributed by atoms with Crippen molar-refractivity contribution in [2.75, 3.05) is 26.9 Å². The van der Waals surface area contributed by atoms with Gasteiger partial charge in [-0.05, 0) is 43.7 Å². The van der Waals surface area contributed by atoms with E-state index in [2.05, 4.69) is 0 Å². The summed E-state index contributed by atoms with van der Waals surface area (Å²) in [5, 5.41) is 11.0. The standard InChI is InChI=1S/C23H25NO5/c1-4-29-18-11-9-17(10-12-18)21(25)19-20(16-7-5-15(2)6-8-16)24(13-14-28-3)23(27)22(19)26/h5-12,20,25H,4,13-14H2,1-3H3/t20-/m0/s1. The number of hydrogen-bond acceptors (Lipinski definition) is 5. The molecular weight excluding hydrogens is 370 g/mol. The van der Waals surface area contributed by atoms with Gasteiger partial charge in [-0.1, -0.05) is 29.8 Å². The van der Waals surface area contributed by atoms with Crippen molar-refractivity contribution in [1.82, 2.24) is 4.90 Å². The van der Waals surface area contributed by atoms with Gasteiger partial charge >= 0.3 is 0 Å². The van der Waals surface area contributed by atoms with Crippen LogP contribution in [0.15, 0.2) is 54.1 Å². The molecule has 152 valence electrons. The third kappa shape index (κ3) is 4.17. The zero-order chi connectivity index (χ0) is 21.0. The number of aliphatic hydroxyl groups excluding tert-OH is 1. The van der Waals surface area contributed by atoms with Crippen LogP contribution >= 0.6 is 0 Å². The number of ketones is 1. The minimum Gasteiger partial charge on any atom is -0.507 e. The van der Waals surface area contributed by atoms with Crippen LogP contribution in [0, 0.1) is 6.92 Å². The number of ether oxygens (including phenoxy) is 2. The Labute approximate surface area is 170 Å². The number of Topliss-reactive ketones (excluding diaryl/α,β-unsaturated/α-hetero) is 1. The number of aliphatic hydroxyl groups is 1. The highest BCUT2D eigenvalue weighted by atomic mass is 16.5. The molecule has 1 heterocycles. The maximum Gasteiger partial charge on any atom is 0.295 e. The first-order valence-electron chi connectivity index (χ1n) is 9.55. The van der Waals surface area contributed by atoms with Gasteiger partial charge in [0.25, 0.3) is 11.7 Å². The van der Waals surface area contributed by atoms with Crippen molar-refractivity contribution in [1.29, 1.82) is 0 Å². The summed E-state index contributed by atoms with van der Waals surface area (Å²) in [5.74, 6) is -0.866. The third-order valence-corrected chi connectivity index (χ3v) is 4.91. The molecule has 0 aliphatic carbocycles. The number of hydrogen-bond donors (Lipinski definition) is 1. The fourth-order valence-corrected chi connectivity index (χ4v) is 3.43. The highest BCUT2D eigenvalue weighted by Gasteiger charge is 2.45. The van der Waals surface area contributed by atoms with Crippen LogP contribution in [0.5, 0.6) is 5.75 Å². The van der Waals surface area contributed by atoms with E-state index in [-0.39, 0.29) is 17.9 Å². The highest BCUT2D eigenvalue weighted by molar-refractivity contribution is 6.46. The lowest BCUT2D eigenvalue weighted by Crippen LogP contribution is -2.32. The molecule has 29 heavy (non-hydrogen) atoms. The smallest absolute Gasteiger partial charge is 0.295 e. The molecule has 2 aromatic carbocycles. The molecule has 0 spiro atoms. The lowest BCUT2D eigenvalue weighted by atomic mass is 9.94. The number of aryl methyl sites for hydroxylation is 1. The van der Waals surface area contributed by atoms with E-state index in [1.165, 1.54) is 12.0 Å². The molecule has 1 aliphatic heterocycles. The number of carbonyl (C=O) groups is 2. The third-order valence-electron chi connectivity index (χ3n) is 4.91. The van der Waals surface area contributed by atoms with E-state index in [9.17, 15) is 14.7 Å². The maximum atomic E-state index is 12.8. The minimum absolute atomic E-state index is 0.0825. The molecule has 1 atom stereocenters. The molecule has 1 aliphatic rings. The van der Waals surface area contributed by atoms with Crippen LogP contribution in [-0.2, 0) is 14.3 Å². The Kier molecular flexibility index (Phi) is 6.34. The van der Waals surface area contributed by atoms with Gasteiger partial charge in [-0.3, -0.25) is 9.59 Å². The second-order valence-electron chi connectivity index (χ2n) is 6.85. The summed E-state index contributed by atoms with van der Waals surface area (Å²) >= 11 is 0. The number of amides is 1. The van der Waals surface area contributed by atoms with Gasteiger partial charge in [-0.15, -0.1) is 0 Å². The molecule has 0 aromatic heterocycles.